The molecule has 1 amide bonds. The fourth-order valence-corrected chi connectivity index (χ4v) is 6.60. The topological polar surface area (TPSA) is 130 Å². The molecule has 0 radical (unpaired) electrons. The zero-order chi connectivity index (χ0) is 36.2. The van der Waals surface area contributed by atoms with Crippen molar-refractivity contribution >= 4 is 5.91 Å². The van der Waals surface area contributed by atoms with Gasteiger partial charge in [0.1, 0.15) is 18.3 Å². The molecule has 0 spiro atoms. The molecule has 0 aliphatic heterocycles. The molecule has 0 aromatic heterocycles. The van der Waals surface area contributed by atoms with E-state index in [1.165, 1.54) is 135 Å². The van der Waals surface area contributed by atoms with E-state index in [4.69, 9.17) is 0 Å². The van der Waals surface area contributed by atoms with E-state index in [1.54, 1.807) is 0 Å². The van der Waals surface area contributed by atoms with Gasteiger partial charge in [0.05, 0.1) is 18.8 Å². The summed E-state index contributed by atoms with van der Waals surface area (Å²) in [6.07, 6.45) is 35.3. The number of hydrogen-bond donors (Lipinski definition) is 6. The van der Waals surface area contributed by atoms with Crippen LogP contribution in [-0.4, -0.2) is 68.5 Å². The van der Waals surface area contributed by atoms with Gasteiger partial charge in [-0.1, -0.05) is 187 Å². The smallest absolute Gasteiger partial charge is 0.249 e. The number of nitrogens with one attached hydrogen (secondary N) is 1. The van der Waals surface area contributed by atoms with Gasteiger partial charge in [0.25, 0.3) is 0 Å². The third kappa shape index (κ3) is 30.4. The fraction of sp³-hybridized carbons (Fsp3) is 0.929. The lowest BCUT2D eigenvalue weighted by atomic mass is 9.96. The first-order valence-electron chi connectivity index (χ1n) is 21.2. The maximum Gasteiger partial charge on any atom is 0.249 e. The summed E-state index contributed by atoms with van der Waals surface area (Å²) >= 11 is 0. The maximum atomic E-state index is 12.5. The van der Waals surface area contributed by atoms with Crippen molar-refractivity contribution < 1.29 is 30.3 Å². The first-order valence-corrected chi connectivity index (χ1v) is 21.2. The molecule has 7 nitrogen and oxygen atoms in total. The lowest BCUT2D eigenvalue weighted by Gasteiger charge is -2.29. The van der Waals surface area contributed by atoms with E-state index in [1.807, 2.05) is 0 Å². The zero-order valence-electron chi connectivity index (χ0n) is 32.3. The van der Waals surface area contributed by atoms with Crippen molar-refractivity contribution in [3.63, 3.8) is 0 Å². The van der Waals surface area contributed by atoms with E-state index in [-0.39, 0.29) is 0 Å². The number of aliphatic hydroxyl groups is 5. The van der Waals surface area contributed by atoms with Gasteiger partial charge in [0.2, 0.25) is 5.91 Å². The number of amides is 1. The van der Waals surface area contributed by atoms with Crippen LogP contribution >= 0.6 is 0 Å². The van der Waals surface area contributed by atoms with Crippen LogP contribution in [0.1, 0.15) is 213 Å². The lowest BCUT2D eigenvalue weighted by molar-refractivity contribution is -0.134. The van der Waals surface area contributed by atoms with E-state index >= 15 is 0 Å². The molecule has 0 aliphatic rings. The van der Waals surface area contributed by atoms with E-state index in [0.717, 1.165) is 51.4 Å². The number of hydrogen-bond acceptors (Lipinski definition) is 6. The number of rotatable bonds is 38. The normalized spacial score (nSPS) is 15.0. The summed E-state index contributed by atoms with van der Waals surface area (Å²) in [5.74, 6) is -0.668. The zero-order valence-corrected chi connectivity index (χ0v) is 32.3. The molecule has 0 bridgehead atoms. The summed E-state index contributed by atoms with van der Waals surface area (Å²) in [5.41, 5.74) is 0. The molecule has 0 unspecified atom stereocenters. The third-order valence-electron chi connectivity index (χ3n) is 10.1. The van der Waals surface area contributed by atoms with Crippen LogP contribution in [0.15, 0.2) is 12.2 Å². The first-order chi connectivity index (χ1) is 23.9. The Balaban J connectivity index is 3.88. The van der Waals surface area contributed by atoms with Crippen LogP contribution in [0, 0.1) is 0 Å². The van der Waals surface area contributed by atoms with Crippen molar-refractivity contribution in [1.82, 2.24) is 5.32 Å². The number of carbonyl (C=O) groups excluding carboxylic acids is 1. The van der Waals surface area contributed by atoms with Crippen LogP contribution < -0.4 is 5.32 Å². The van der Waals surface area contributed by atoms with Gasteiger partial charge in [-0.05, 0) is 38.5 Å². The molecular formula is C42H83NO6. The summed E-state index contributed by atoms with van der Waals surface area (Å²) in [6.45, 7) is 3.91. The van der Waals surface area contributed by atoms with Crippen molar-refractivity contribution in [1.29, 1.82) is 0 Å². The highest BCUT2D eigenvalue weighted by molar-refractivity contribution is 5.80. The van der Waals surface area contributed by atoms with Crippen LogP contribution in [-0.2, 0) is 4.79 Å². The summed E-state index contributed by atoms with van der Waals surface area (Å²) in [6, 6.07) is -1.16. The second kappa shape index (κ2) is 36.8. The van der Waals surface area contributed by atoms with E-state index in [2.05, 4.69) is 31.3 Å². The van der Waals surface area contributed by atoms with E-state index in [9.17, 15) is 30.3 Å². The van der Waals surface area contributed by atoms with Gasteiger partial charge >= 0.3 is 0 Å². The van der Waals surface area contributed by atoms with Crippen molar-refractivity contribution in [2.75, 3.05) is 6.61 Å². The molecular weight excluding hydrogens is 614 g/mol. The molecule has 5 atom stereocenters. The molecule has 7 heteroatoms. The molecule has 0 aliphatic carbocycles. The predicted molar refractivity (Wildman–Crippen MR) is 207 cm³/mol. The second-order valence-corrected chi connectivity index (χ2v) is 14.8. The molecule has 0 saturated carbocycles. The summed E-state index contributed by atoms with van der Waals surface area (Å²) in [7, 11) is 0. The lowest BCUT2D eigenvalue weighted by Crippen LogP contribution is -2.55. The molecule has 0 saturated heterocycles. The quantitative estimate of drug-likeness (QED) is 0.0282. The largest absolute Gasteiger partial charge is 0.394 e. The van der Waals surface area contributed by atoms with Crippen molar-refractivity contribution in [3.8, 4) is 0 Å². The Kier molecular flexibility index (Phi) is 36.0. The second-order valence-electron chi connectivity index (χ2n) is 14.8. The SMILES string of the molecule is CCCCCCCCC/C=C/CCCCCCCC[C@@H](O)[C@@H](O)[C@@H](O)[C@H](CO)NC(=O)[C@H](O)CCCCCCCCCCCCCCCC. The van der Waals surface area contributed by atoms with E-state index in [0.29, 0.717) is 12.8 Å². The van der Waals surface area contributed by atoms with E-state index < -0.39 is 43.0 Å². The summed E-state index contributed by atoms with van der Waals surface area (Å²) in [5, 5.41) is 54.0. The number of carbonyl (C=O) groups is 1. The highest BCUT2D eigenvalue weighted by atomic mass is 16.4. The first kappa shape index (κ1) is 48.0. The molecule has 292 valence electrons. The molecule has 0 aromatic rings. The van der Waals surface area contributed by atoms with Gasteiger partial charge < -0.3 is 30.8 Å². The molecule has 49 heavy (non-hydrogen) atoms. The monoisotopic (exact) mass is 698 g/mol. The molecule has 0 heterocycles. The van der Waals surface area contributed by atoms with Gasteiger partial charge in [-0.25, -0.2) is 0 Å². The predicted octanol–water partition coefficient (Wildman–Crippen LogP) is 9.60. The van der Waals surface area contributed by atoms with Crippen LogP contribution in [0.2, 0.25) is 0 Å². The summed E-state index contributed by atoms with van der Waals surface area (Å²) < 4.78 is 0. The summed E-state index contributed by atoms with van der Waals surface area (Å²) in [4.78, 5) is 12.5. The van der Waals surface area contributed by atoms with Crippen molar-refractivity contribution in [2.24, 2.45) is 0 Å². The molecule has 0 rings (SSSR count). The highest BCUT2D eigenvalue weighted by Gasteiger charge is 2.32. The maximum absolute atomic E-state index is 12.5. The van der Waals surface area contributed by atoms with Crippen molar-refractivity contribution in [3.05, 3.63) is 12.2 Å². The van der Waals surface area contributed by atoms with Gasteiger partial charge in [-0.3, -0.25) is 4.79 Å². The Morgan fingerprint density at radius 1 is 0.490 bits per heavy atom. The minimum atomic E-state index is -1.53. The van der Waals surface area contributed by atoms with Crippen LogP contribution in [0.3, 0.4) is 0 Å². The number of unbranched alkanes of at least 4 members (excludes halogenated alkanes) is 26. The van der Waals surface area contributed by atoms with Crippen LogP contribution in [0.25, 0.3) is 0 Å². The average molecular weight is 698 g/mol. The fourth-order valence-electron chi connectivity index (χ4n) is 6.60. The number of aliphatic hydroxyl groups excluding tert-OH is 5. The Labute approximate surface area is 303 Å². The van der Waals surface area contributed by atoms with Crippen LogP contribution in [0.4, 0.5) is 0 Å². The Hall–Kier alpha value is -0.990. The van der Waals surface area contributed by atoms with Gasteiger partial charge in [-0.2, -0.15) is 0 Å². The Bertz CT molecular complexity index is 719. The van der Waals surface area contributed by atoms with Crippen molar-refractivity contribution in [2.45, 2.75) is 243 Å². The minimum Gasteiger partial charge on any atom is -0.394 e. The minimum absolute atomic E-state index is 0.319. The van der Waals surface area contributed by atoms with Gasteiger partial charge in [0.15, 0.2) is 0 Å². The van der Waals surface area contributed by atoms with Gasteiger partial charge in [0, 0.05) is 0 Å². The highest BCUT2D eigenvalue weighted by Crippen LogP contribution is 2.16. The Morgan fingerprint density at radius 2 is 0.837 bits per heavy atom. The molecule has 6 N–H and O–H groups in total. The molecule has 0 aromatic carbocycles. The van der Waals surface area contributed by atoms with Gasteiger partial charge in [-0.15, -0.1) is 0 Å². The standard InChI is InChI=1S/C42H83NO6/c1-3-5-7-9-11-13-15-17-19-20-21-23-24-26-28-30-32-34-38(45)41(48)40(47)37(36-44)43-42(49)39(46)35-33-31-29-27-25-22-18-16-14-12-10-8-6-4-2/h19-20,37-41,44-48H,3-18,21-36H2,1-2H3,(H,43,49)/b20-19+/t37-,38+,39+,40-,41+/m0/s1. The number of allylic oxidation sites excluding steroid dienone is 2. The van der Waals surface area contributed by atoms with Crippen LogP contribution in [0.5, 0.6) is 0 Å². The molecule has 0 fully saturated rings. The Morgan fingerprint density at radius 3 is 1.22 bits per heavy atom. The average Bonchev–Trinajstić information content (AvgIpc) is 3.11. The third-order valence-corrected chi connectivity index (χ3v) is 10.1.